The summed E-state index contributed by atoms with van der Waals surface area (Å²) in [5, 5.41) is -0.411. The first-order valence-corrected chi connectivity index (χ1v) is 13.1. The van der Waals surface area contributed by atoms with Gasteiger partial charge in [-0.25, -0.2) is 19.1 Å². The van der Waals surface area contributed by atoms with E-state index in [0.29, 0.717) is 36.6 Å². The summed E-state index contributed by atoms with van der Waals surface area (Å²) in [6, 6.07) is 11.1. The molecule has 3 aromatic rings. The molecule has 12 heteroatoms. The van der Waals surface area contributed by atoms with E-state index in [9.17, 15) is 17.6 Å². The maximum Gasteiger partial charge on any atom is 0.281 e. The van der Waals surface area contributed by atoms with Gasteiger partial charge in [-0.05, 0) is 42.3 Å². The molecule has 1 aliphatic rings. The molecule has 1 saturated heterocycles. The Morgan fingerprint density at radius 2 is 2.03 bits per heavy atom. The van der Waals surface area contributed by atoms with E-state index in [1.807, 2.05) is 18.6 Å². The molecule has 0 spiro atoms. The summed E-state index contributed by atoms with van der Waals surface area (Å²) < 4.78 is 58.6. The standard InChI is InChI=1S/C25H27FN4O6S/c1-15(2)13-35-19-11-16(10-17(26)12-19)21-7-6-20(25(28-21)36-18-8-9-34-14-18)24(31)30-37(32,33)23-5-3-4-22(27)29-23/h3-7,10-12,15,18H,8-9,13-14H2,1-2H3,(H2,27,29)(H,30,31)/t18-/m1/s1. The van der Waals surface area contributed by atoms with Gasteiger partial charge >= 0.3 is 0 Å². The molecule has 1 fully saturated rings. The lowest BCUT2D eigenvalue weighted by atomic mass is 10.1. The summed E-state index contributed by atoms with van der Waals surface area (Å²) in [4.78, 5) is 21.2. The van der Waals surface area contributed by atoms with Crippen molar-refractivity contribution in [2.45, 2.75) is 31.4 Å². The number of anilines is 1. The maximum absolute atomic E-state index is 14.3. The van der Waals surface area contributed by atoms with Crippen molar-refractivity contribution >= 4 is 21.7 Å². The number of sulfonamides is 1. The number of amides is 1. The van der Waals surface area contributed by atoms with Crippen LogP contribution in [0.3, 0.4) is 0 Å². The quantitative estimate of drug-likeness (QED) is 0.426. The largest absolute Gasteiger partial charge is 0.493 e. The molecule has 1 aliphatic heterocycles. The summed E-state index contributed by atoms with van der Waals surface area (Å²) in [6.07, 6.45) is 0.171. The van der Waals surface area contributed by atoms with Crippen LogP contribution in [0.2, 0.25) is 0 Å². The molecular formula is C25H27FN4O6S. The van der Waals surface area contributed by atoms with Crippen molar-refractivity contribution in [2.75, 3.05) is 25.6 Å². The minimum absolute atomic E-state index is 0.0153. The SMILES string of the molecule is CC(C)COc1cc(F)cc(-c2ccc(C(=O)NS(=O)(=O)c3cccc(N)n3)c(O[C@@H]3CCOC3)n2)c1. The Bertz CT molecular complexity index is 1390. The first kappa shape index (κ1) is 26.3. The van der Waals surface area contributed by atoms with Gasteiger partial charge in [-0.2, -0.15) is 8.42 Å². The predicted octanol–water partition coefficient (Wildman–Crippen LogP) is 3.19. The van der Waals surface area contributed by atoms with Crippen LogP contribution in [-0.2, 0) is 14.8 Å². The van der Waals surface area contributed by atoms with Crippen molar-refractivity contribution < 1.29 is 31.8 Å². The molecular weight excluding hydrogens is 503 g/mol. The topological polar surface area (TPSA) is 143 Å². The number of hydrogen-bond donors (Lipinski definition) is 2. The number of rotatable bonds is 9. The molecule has 0 unspecified atom stereocenters. The van der Waals surface area contributed by atoms with E-state index in [0.717, 1.165) is 0 Å². The highest BCUT2D eigenvalue weighted by Gasteiger charge is 2.26. The number of ether oxygens (including phenoxy) is 3. The van der Waals surface area contributed by atoms with Gasteiger partial charge in [0.05, 0.1) is 25.5 Å². The second-order valence-electron chi connectivity index (χ2n) is 8.87. The lowest BCUT2D eigenvalue weighted by molar-refractivity contribution is 0.0968. The van der Waals surface area contributed by atoms with Gasteiger partial charge in [-0.15, -0.1) is 0 Å². The molecule has 0 aliphatic carbocycles. The minimum atomic E-state index is -4.33. The fourth-order valence-corrected chi connectivity index (χ4v) is 4.44. The number of carbonyl (C=O) groups excluding carboxylic acids is 1. The highest BCUT2D eigenvalue weighted by molar-refractivity contribution is 7.90. The summed E-state index contributed by atoms with van der Waals surface area (Å²) >= 11 is 0. The molecule has 37 heavy (non-hydrogen) atoms. The first-order chi connectivity index (χ1) is 17.6. The van der Waals surface area contributed by atoms with E-state index in [2.05, 4.69) is 9.97 Å². The molecule has 0 saturated carbocycles. The van der Waals surface area contributed by atoms with E-state index in [1.54, 1.807) is 6.07 Å². The van der Waals surface area contributed by atoms with Crippen molar-refractivity contribution in [1.82, 2.24) is 14.7 Å². The number of halogens is 1. The molecule has 4 rings (SSSR count). The van der Waals surface area contributed by atoms with E-state index in [1.165, 1.54) is 42.5 Å². The Hall–Kier alpha value is -3.77. The van der Waals surface area contributed by atoms with Crippen LogP contribution in [0.1, 0.15) is 30.6 Å². The van der Waals surface area contributed by atoms with Crippen molar-refractivity contribution in [3.05, 3.63) is 59.9 Å². The average molecular weight is 531 g/mol. The summed E-state index contributed by atoms with van der Waals surface area (Å²) in [7, 11) is -4.33. The number of carbonyl (C=O) groups is 1. The first-order valence-electron chi connectivity index (χ1n) is 11.6. The number of nitrogen functional groups attached to an aromatic ring is 1. The smallest absolute Gasteiger partial charge is 0.281 e. The van der Waals surface area contributed by atoms with Crippen LogP contribution in [0, 0.1) is 11.7 Å². The minimum Gasteiger partial charge on any atom is -0.493 e. The van der Waals surface area contributed by atoms with Crippen molar-refractivity contribution in [3.63, 3.8) is 0 Å². The normalized spacial score (nSPS) is 15.5. The number of benzene rings is 1. The molecule has 1 aromatic carbocycles. The van der Waals surface area contributed by atoms with Gasteiger partial charge in [-0.3, -0.25) is 4.79 Å². The highest BCUT2D eigenvalue weighted by atomic mass is 32.2. The van der Waals surface area contributed by atoms with Gasteiger partial charge in [0.2, 0.25) is 5.88 Å². The van der Waals surface area contributed by atoms with Crippen LogP contribution >= 0.6 is 0 Å². The Morgan fingerprint density at radius 1 is 1.22 bits per heavy atom. The number of pyridine rings is 2. The van der Waals surface area contributed by atoms with Gasteiger partial charge in [0.15, 0.2) is 5.03 Å². The van der Waals surface area contributed by atoms with E-state index in [4.69, 9.17) is 19.9 Å². The van der Waals surface area contributed by atoms with Crippen LogP contribution in [-0.4, -0.2) is 50.2 Å². The maximum atomic E-state index is 14.3. The Morgan fingerprint density at radius 3 is 2.73 bits per heavy atom. The third-order valence-electron chi connectivity index (χ3n) is 5.27. The van der Waals surface area contributed by atoms with Crippen molar-refractivity contribution in [1.29, 1.82) is 0 Å². The molecule has 0 radical (unpaired) electrons. The van der Waals surface area contributed by atoms with Gasteiger partial charge < -0.3 is 19.9 Å². The molecule has 0 bridgehead atoms. The average Bonchev–Trinajstić information content (AvgIpc) is 3.35. The number of aromatic nitrogens is 2. The zero-order chi connectivity index (χ0) is 26.6. The van der Waals surface area contributed by atoms with Crippen LogP contribution in [0.5, 0.6) is 11.6 Å². The van der Waals surface area contributed by atoms with Gasteiger partial charge in [0, 0.05) is 18.1 Å². The third-order valence-corrected chi connectivity index (χ3v) is 6.50. The number of hydrogen-bond acceptors (Lipinski definition) is 9. The molecule has 196 valence electrons. The molecule has 3 heterocycles. The lowest BCUT2D eigenvalue weighted by Crippen LogP contribution is -2.32. The van der Waals surface area contributed by atoms with Crippen LogP contribution < -0.4 is 19.9 Å². The zero-order valence-corrected chi connectivity index (χ0v) is 21.1. The number of nitrogens with two attached hydrogens (primary N) is 1. The lowest BCUT2D eigenvalue weighted by Gasteiger charge is -2.16. The van der Waals surface area contributed by atoms with Gasteiger partial charge in [0.1, 0.15) is 29.1 Å². The Balaban J connectivity index is 1.67. The Labute approximate surface area is 214 Å². The predicted molar refractivity (Wildman–Crippen MR) is 133 cm³/mol. The molecule has 3 N–H and O–H groups in total. The number of nitrogens with zero attached hydrogens (tertiary/aromatic N) is 2. The van der Waals surface area contributed by atoms with Crippen LogP contribution in [0.4, 0.5) is 10.2 Å². The number of nitrogens with one attached hydrogen (secondary N) is 1. The molecule has 2 aromatic heterocycles. The molecule has 10 nitrogen and oxygen atoms in total. The summed E-state index contributed by atoms with van der Waals surface area (Å²) in [6.45, 7) is 5.12. The monoisotopic (exact) mass is 530 g/mol. The fourth-order valence-electron chi connectivity index (χ4n) is 3.49. The second-order valence-corrected chi connectivity index (χ2v) is 10.5. The highest BCUT2D eigenvalue weighted by Crippen LogP contribution is 2.29. The van der Waals surface area contributed by atoms with Crippen molar-refractivity contribution in [3.8, 4) is 22.9 Å². The van der Waals surface area contributed by atoms with E-state index in [-0.39, 0.29) is 35.9 Å². The van der Waals surface area contributed by atoms with E-state index >= 15 is 0 Å². The van der Waals surface area contributed by atoms with Crippen LogP contribution in [0.25, 0.3) is 11.3 Å². The third kappa shape index (κ3) is 6.71. The fraction of sp³-hybridized carbons (Fsp3) is 0.320. The van der Waals surface area contributed by atoms with Crippen LogP contribution in [0.15, 0.2) is 53.6 Å². The summed E-state index contributed by atoms with van der Waals surface area (Å²) in [5.41, 5.74) is 6.15. The molecule has 1 atom stereocenters. The zero-order valence-electron chi connectivity index (χ0n) is 20.3. The molecule has 1 amide bonds. The van der Waals surface area contributed by atoms with Crippen molar-refractivity contribution in [2.24, 2.45) is 5.92 Å². The summed E-state index contributed by atoms with van der Waals surface area (Å²) in [5.74, 6) is -1.05. The van der Waals surface area contributed by atoms with Gasteiger partial charge in [0.25, 0.3) is 15.9 Å². The van der Waals surface area contributed by atoms with E-state index < -0.39 is 26.8 Å². The Kier molecular flexibility index (Phi) is 7.89. The second kappa shape index (κ2) is 11.1. The van der Waals surface area contributed by atoms with Gasteiger partial charge in [-0.1, -0.05) is 19.9 Å².